The van der Waals surface area contributed by atoms with Crippen molar-refractivity contribution in [2.75, 3.05) is 11.9 Å². The summed E-state index contributed by atoms with van der Waals surface area (Å²) in [6.45, 7) is 2.04. The van der Waals surface area contributed by atoms with Gasteiger partial charge in [-0.2, -0.15) is 0 Å². The van der Waals surface area contributed by atoms with Crippen LogP contribution in [0.4, 0.5) is 5.69 Å². The number of Topliss-reactive ketones (excluding diaryl/α,β-unsaturated/α-hetero) is 1. The average molecular weight is 487 g/mol. The van der Waals surface area contributed by atoms with E-state index in [1.807, 2.05) is 18.2 Å². The van der Waals surface area contributed by atoms with E-state index in [0.717, 1.165) is 18.4 Å². The topological polar surface area (TPSA) is 66.5 Å². The maximum atomic E-state index is 12.7. The molecule has 2 aromatic carbocycles. The Morgan fingerprint density at radius 1 is 1.06 bits per heavy atom. The largest absolute Gasteiger partial charge is 0.326 e. The summed E-state index contributed by atoms with van der Waals surface area (Å²) >= 11 is 12.6. The Bertz CT molecular complexity index is 1050. The molecule has 0 unspecified atom stereocenters. The van der Waals surface area contributed by atoms with Crippen molar-refractivity contribution in [3.63, 3.8) is 0 Å². The summed E-state index contributed by atoms with van der Waals surface area (Å²) in [5.74, 6) is -0.163. The second kappa shape index (κ2) is 11.4. The van der Waals surface area contributed by atoms with E-state index < -0.39 is 0 Å². The highest BCUT2D eigenvalue weighted by Gasteiger charge is 2.31. The standard InChI is InChI=1S/C24H23ClN2O3S2/c1-16(28)18-8-12-20(13-9-18)26-22(29)5-3-2-4-14-27-23(30)21(32-24(27)31)15-17-6-10-19(25)11-7-17/h6-13,15H,2-5,14H2,1H3,(H,26,29)/b21-15-. The van der Waals surface area contributed by atoms with Crippen molar-refractivity contribution in [3.8, 4) is 0 Å². The fourth-order valence-electron chi connectivity index (χ4n) is 3.15. The number of carbonyl (C=O) groups is 3. The van der Waals surface area contributed by atoms with E-state index in [4.69, 9.17) is 23.8 Å². The SMILES string of the molecule is CC(=O)c1ccc(NC(=O)CCCCCN2C(=O)/C(=C/c3ccc(Cl)cc3)SC2=S)cc1. The summed E-state index contributed by atoms with van der Waals surface area (Å²) < 4.78 is 0.557. The molecule has 0 radical (unpaired) electrons. The summed E-state index contributed by atoms with van der Waals surface area (Å²) in [6.07, 6.45) is 4.50. The molecule has 166 valence electrons. The lowest BCUT2D eigenvalue weighted by atomic mass is 10.1. The Morgan fingerprint density at radius 2 is 1.75 bits per heavy atom. The van der Waals surface area contributed by atoms with Crippen LogP contribution in [0, 0.1) is 0 Å². The molecule has 0 bridgehead atoms. The highest BCUT2D eigenvalue weighted by Crippen LogP contribution is 2.33. The smallest absolute Gasteiger partial charge is 0.266 e. The van der Waals surface area contributed by atoms with Crippen LogP contribution in [0.15, 0.2) is 53.4 Å². The van der Waals surface area contributed by atoms with E-state index in [9.17, 15) is 14.4 Å². The summed E-state index contributed by atoms with van der Waals surface area (Å²) in [7, 11) is 0. The van der Waals surface area contributed by atoms with Gasteiger partial charge < -0.3 is 5.32 Å². The number of thiocarbonyl (C=S) groups is 1. The first kappa shape index (κ1) is 24.2. The van der Waals surface area contributed by atoms with Crippen molar-refractivity contribution >= 4 is 69.3 Å². The fourth-order valence-corrected chi connectivity index (χ4v) is 4.58. The molecule has 32 heavy (non-hydrogen) atoms. The van der Waals surface area contributed by atoms with E-state index in [0.29, 0.717) is 44.9 Å². The first-order chi connectivity index (χ1) is 15.3. The molecule has 1 saturated heterocycles. The number of benzene rings is 2. The molecule has 1 aliphatic rings. The van der Waals surface area contributed by atoms with Gasteiger partial charge in [-0.25, -0.2) is 0 Å². The van der Waals surface area contributed by atoms with Crippen LogP contribution in [0.5, 0.6) is 0 Å². The molecule has 0 aliphatic carbocycles. The lowest BCUT2D eigenvalue weighted by molar-refractivity contribution is -0.122. The van der Waals surface area contributed by atoms with Crippen LogP contribution in [-0.4, -0.2) is 33.4 Å². The summed E-state index contributed by atoms with van der Waals surface area (Å²) in [4.78, 5) is 38.3. The number of anilines is 1. The predicted molar refractivity (Wildman–Crippen MR) is 135 cm³/mol. The first-order valence-corrected chi connectivity index (χ1v) is 11.9. The van der Waals surface area contributed by atoms with Gasteiger partial charge in [0.2, 0.25) is 5.91 Å². The molecule has 2 amide bonds. The van der Waals surface area contributed by atoms with Gasteiger partial charge in [0, 0.05) is 29.2 Å². The molecule has 0 atom stereocenters. The van der Waals surface area contributed by atoms with Gasteiger partial charge in [0.05, 0.1) is 4.91 Å². The third-order valence-corrected chi connectivity index (χ3v) is 6.53. The minimum Gasteiger partial charge on any atom is -0.326 e. The van der Waals surface area contributed by atoms with Gasteiger partial charge in [0.1, 0.15) is 4.32 Å². The molecule has 0 aromatic heterocycles. The number of nitrogens with zero attached hydrogens (tertiary/aromatic N) is 1. The van der Waals surface area contributed by atoms with Crippen molar-refractivity contribution < 1.29 is 14.4 Å². The number of carbonyl (C=O) groups excluding carboxylic acids is 3. The van der Waals surface area contributed by atoms with E-state index in [1.54, 1.807) is 41.3 Å². The molecular formula is C24H23ClN2O3S2. The number of hydrogen-bond acceptors (Lipinski definition) is 5. The van der Waals surface area contributed by atoms with Crippen LogP contribution in [0.25, 0.3) is 6.08 Å². The quantitative estimate of drug-likeness (QED) is 0.205. The normalized spacial score (nSPS) is 14.8. The third kappa shape index (κ3) is 6.76. The van der Waals surface area contributed by atoms with Gasteiger partial charge >= 0.3 is 0 Å². The number of ketones is 1. The van der Waals surface area contributed by atoms with Gasteiger partial charge in [-0.15, -0.1) is 0 Å². The van der Waals surface area contributed by atoms with Crippen molar-refractivity contribution in [2.24, 2.45) is 0 Å². The second-order valence-electron chi connectivity index (χ2n) is 7.38. The van der Waals surface area contributed by atoms with Crippen LogP contribution in [0.1, 0.15) is 48.5 Å². The second-order valence-corrected chi connectivity index (χ2v) is 9.49. The lowest BCUT2D eigenvalue weighted by Crippen LogP contribution is -2.29. The summed E-state index contributed by atoms with van der Waals surface area (Å²) in [6, 6.07) is 14.1. The van der Waals surface area contributed by atoms with Gasteiger partial charge in [-0.05, 0) is 67.8 Å². The zero-order valence-electron chi connectivity index (χ0n) is 17.6. The van der Waals surface area contributed by atoms with Crippen LogP contribution < -0.4 is 5.32 Å². The van der Waals surface area contributed by atoms with E-state index >= 15 is 0 Å². The number of rotatable bonds is 9. The number of amides is 2. The van der Waals surface area contributed by atoms with Gasteiger partial charge in [0.15, 0.2) is 5.78 Å². The number of unbranched alkanes of at least 4 members (excludes halogenated alkanes) is 2. The van der Waals surface area contributed by atoms with Crippen LogP contribution in [0.2, 0.25) is 5.02 Å². The molecular weight excluding hydrogens is 464 g/mol. The zero-order chi connectivity index (χ0) is 23.1. The molecule has 2 aromatic rings. The molecule has 1 heterocycles. The lowest BCUT2D eigenvalue weighted by Gasteiger charge is -2.14. The van der Waals surface area contributed by atoms with Crippen LogP contribution in [0.3, 0.4) is 0 Å². The number of nitrogens with one attached hydrogen (secondary N) is 1. The minimum atomic E-state index is -0.0818. The van der Waals surface area contributed by atoms with Gasteiger partial charge in [-0.3, -0.25) is 19.3 Å². The third-order valence-electron chi connectivity index (χ3n) is 4.90. The Labute approximate surface area is 202 Å². The van der Waals surface area contributed by atoms with E-state index in [2.05, 4.69) is 5.32 Å². The Hall–Kier alpha value is -2.48. The fraction of sp³-hybridized carbons (Fsp3) is 0.250. The molecule has 1 fully saturated rings. The number of thioether (sulfide) groups is 1. The summed E-state index contributed by atoms with van der Waals surface area (Å²) in [5.41, 5.74) is 2.18. The molecule has 8 heteroatoms. The monoisotopic (exact) mass is 486 g/mol. The zero-order valence-corrected chi connectivity index (χ0v) is 20.0. The van der Waals surface area contributed by atoms with Crippen LogP contribution in [-0.2, 0) is 9.59 Å². The highest BCUT2D eigenvalue weighted by atomic mass is 35.5. The number of hydrogen-bond donors (Lipinski definition) is 1. The highest BCUT2D eigenvalue weighted by molar-refractivity contribution is 8.26. The Balaban J connectivity index is 1.40. The van der Waals surface area contributed by atoms with Crippen molar-refractivity contribution in [1.82, 2.24) is 4.90 Å². The maximum Gasteiger partial charge on any atom is 0.266 e. The van der Waals surface area contributed by atoms with Gasteiger partial charge in [0.25, 0.3) is 5.91 Å². The summed E-state index contributed by atoms with van der Waals surface area (Å²) in [5, 5.41) is 3.48. The van der Waals surface area contributed by atoms with Gasteiger partial charge in [-0.1, -0.05) is 54.1 Å². The molecule has 5 nitrogen and oxygen atoms in total. The first-order valence-electron chi connectivity index (χ1n) is 10.3. The number of halogens is 1. The van der Waals surface area contributed by atoms with Crippen molar-refractivity contribution in [3.05, 3.63) is 69.6 Å². The van der Waals surface area contributed by atoms with Crippen molar-refractivity contribution in [2.45, 2.75) is 32.6 Å². The molecule has 3 rings (SSSR count). The molecule has 1 aliphatic heterocycles. The van der Waals surface area contributed by atoms with E-state index in [1.165, 1.54) is 18.7 Å². The molecule has 0 spiro atoms. The molecule has 0 saturated carbocycles. The van der Waals surface area contributed by atoms with E-state index in [-0.39, 0.29) is 17.6 Å². The minimum absolute atomic E-state index is 0.00941. The maximum absolute atomic E-state index is 12.7. The van der Waals surface area contributed by atoms with Crippen molar-refractivity contribution in [1.29, 1.82) is 0 Å². The Kier molecular flexibility index (Phi) is 8.61. The van der Waals surface area contributed by atoms with Crippen LogP contribution >= 0.6 is 35.6 Å². The predicted octanol–water partition coefficient (Wildman–Crippen LogP) is 5.94. The average Bonchev–Trinajstić information content (AvgIpc) is 3.02. The molecule has 1 N–H and O–H groups in total. The Morgan fingerprint density at radius 3 is 2.41 bits per heavy atom.